The van der Waals surface area contributed by atoms with E-state index in [1.165, 1.54) is 0 Å². The largest absolute Gasteiger partial charge is 0.519 e. The van der Waals surface area contributed by atoms with Gasteiger partial charge in [0.05, 0.1) is 13.2 Å². The first kappa shape index (κ1) is 24.7. The van der Waals surface area contributed by atoms with Crippen molar-refractivity contribution in [1.29, 1.82) is 0 Å². The van der Waals surface area contributed by atoms with E-state index in [4.69, 9.17) is 4.79 Å². The zero-order valence-electron chi connectivity index (χ0n) is 14.4. The fourth-order valence-electron chi connectivity index (χ4n) is 0.870. The molecule has 0 aliphatic heterocycles. The summed E-state index contributed by atoms with van der Waals surface area (Å²) in [6, 6.07) is 0. The lowest BCUT2D eigenvalue weighted by Gasteiger charge is -2.02. The van der Waals surface area contributed by atoms with Gasteiger partial charge in [0.15, 0.2) is 5.76 Å². The van der Waals surface area contributed by atoms with Gasteiger partial charge in [-0.1, -0.05) is 27.7 Å². The summed E-state index contributed by atoms with van der Waals surface area (Å²) in [7, 11) is 1.56. The Morgan fingerprint density at radius 2 is 1.73 bits per heavy atom. The number of alkyl carbamates (subject to hydrolysis) is 1. The summed E-state index contributed by atoms with van der Waals surface area (Å²) in [5, 5.41) is 4.65. The Kier molecular flexibility index (Phi) is 21.1. The van der Waals surface area contributed by atoms with Gasteiger partial charge in [-0.25, -0.2) is 9.59 Å². The first-order valence-electron chi connectivity index (χ1n) is 7.16. The molecule has 2 N–H and O–H groups in total. The molecule has 0 bridgehead atoms. The molecule has 22 heavy (non-hydrogen) atoms. The van der Waals surface area contributed by atoms with Crippen LogP contribution in [0.1, 0.15) is 46.1 Å². The lowest BCUT2D eigenvalue weighted by Crippen LogP contribution is -2.23. The maximum absolute atomic E-state index is 10.9. The van der Waals surface area contributed by atoms with Crippen LogP contribution in [0.5, 0.6) is 0 Å². The second kappa shape index (κ2) is 18.8. The quantitative estimate of drug-likeness (QED) is 0.823. The number of aryl methyl sites for hydroxylation is 1. The van der Waals surface area contributed by atoms with Gasteiger partial charge in [-0.3, -0.25) is 4.79 Å². The Balaban J connectivity index is -0.000000383. The fourth-order valence-corrected chi connectivity index (χ4v) is 0.870. The standard InChI is InChI=1S/C8H11NO5.C2H5NO.2C2H6/c1-3-12-7(10)9-4-6-5(2)13-8(11)14-6;1-3-2-4;2*1-2/h3-4H2,1-2H3,(H,9,10);2H,1H3,(H,3,4);2*1-2H3. The van der Waals surface area contributed by atoms with Crippen LogP contribution in [0.25, 0.3) is 0 Å². The molecule has 8 nitrogen and oxygen atoms in total. The average Bonchev–Trinajstić information content (AvgIpc) is 2.87. The van der Waals surface area contributed by atoms with Crippen LogP contribution in [-0.4, -0.2) is 26.2 Å². The minimum Gasteiger partial charge on any atom is -0.450 e. The summed E-state index contributed by atoms with van der Waals surface area (Å²) in [5.41, 5.74) is 0. The average molecular weight is 320 g/mol. The number of nitrogens with one attached hydrogen (secondary N) is 2. The molecule has 0 fully saturated rings. The predicted octanol–water partition coefficient (Wildman–Crippen LogP) is 2.20. The van der Waals surface area contributed by atoms with E-state index in [-0.39, 0.29) is 6.54 Å². The lowest BCUT2D eigenvalue weighted by molar-refractivity contribution is -0.109. The Morgan fingerprint density at radius 1 is 1.23 bits per heavy atom. The van der Waals surface area contributed by atoms with Gasteiger partial charge in [-0.2, -0.15) is 0 Å². The van der Waals surface area contributed by atoms with Crippen LogP contribution in [0.3, 0.4) is 0 Å². The van der Waals surface area contributed by atoms with E-state index in [9.17, 15) is 9.59 Å². The number of hydrogen-bond acceptors (Lipinski definition) is 6. The highest BCUT2D eigenvalue weighted by Gasteiger charge is 2.09. The van der Waals surface area contributed by atoms with Crippen LogP contribution < -0.4 is 16.5 Å². The molecule has 0 saturated carbocycles. The third-order valence-corrected chi connectivity index (χ3v) is 1.62. The van der Waals surface area contributed by atoms with E-state index < -0.39 is 11.9 Å². The summed E-state index contributed by atoms with van der Waals surface area (Å²) in [6.07, 6.45) is 0.0655. The predicted molar refractivity (Wildman–Crippen MR) is 83.7 cm³/mol. The van der Waals surface area contributed by atoms with Crippen LogP contribution in [0, 0.1) is 6.92 Å². The molecule has 0 radical (unpaired) electrons. The summed E-state index contributed by atoms with van der Waals surface area (Å²) in [6.45, 7) is 11.6. The van der Waals surface area contributed by atoms with Gasteiger partial charge in [-0.05, 0) is 13.8 Å². The van der Waals surface area contributed by atoms with Crippen molar-refractivity contribution in [2.45, 2.75) is 48.1 Å². The molecule has 0 atom stereocenters. The highest BCUT2D eigenvalue weighted by molar-refractivity contribution is 5.66. The third-order valence-electron chi connectivity index (χ3n) is 1.62. The van der Waals surface area contributed by atoms with Crippen LogP contribution in [0.15, 0.2) is 13.6 Å². The molecule has 0 spiro atoms. The van der Waals surface area contributed by atoms with E-state index in [2.05, 4.69) is 24.2 Å². The smallest absolute Gasteiger partial charge is 0.450 e. The number of carbonyl (C=O) groups is 2. The molecule has 0 saturated heterocycles. The van der Waals surface area contributed by atoms with Gasteiger partial charge in [0.2, 0.25) is 6.41 Å². The van der Waals surface area contributed by atoms with Gasteiger partial charge in [-0.15, -0.1) is 0 Å². The van der Waals surface area contributed by atoms with Gasteiger partial charge in [0, 0.05) is 7.05 Å². The fraction of sp³-hybridized carbons (Fsp3) is 0.643. The van der Waals surface area contributed by atoms with Crippen molar-refractivity contribution in [3.8, 4) is 0 Å². The van der Waals surface area contributed by atoms with Crippen molar-refractivity contribution >= 4 is 12.5 Å². The molecule has 0 aliphatic carbocycles. The molecule has 2 amide bonds. The summed E-state index contributed by atoms with van der Waals surface area (Å²) in [4.78, 5) is 30.5. The second-order valence-corrected chi connectivity index (χ2v) is 2.91. The van der Waals surface area contributed by atoms with E-state index in [0.717, 1.165) is 0 Å². The van der Waals surface area contributed by atoms with Crippen molar-refractivity contribution < 1.29 is 23.2 Å². The zero-order chi connectivity index (χ0) is 18.0. The number of amides is 2. The van der Waals surface area contributed by atoms with Crippen molar-refractivity contribution in [1.82, 2.24) is 10.6 Å². The number of hydrogen-bond donors (Lipinski definition) is 2. The number of ether oxygens (including phenoxy) is 1. The summed E-state index contributed by atoms with van der Waals surface area (Å²) >= 11 is 0. The van der Waals surface area contributed by atoms with Crippen LogP contribution in [0.4, 0.5) is 4.79 Å². The van der Waals surface area contributed by atoms with Crippen LogP contribution in [0.2, 0.25) is 0 Å². The van der Waals surface area contributed by atoms with E-state index in [0.29, 0.717) is 24.5 Å². The first-order valence-corrected chi connectivity index (χ1v) is 7.16. The zero-order valence-corrected chi connectivity index (χ0v) is 14.4. The van der Waals surface area contributed by atoms with Crippen molar-refractivity contribution in [3.63, 3.8) is 0 Å². The summed E-state index contributed by atoms with van der Waals surface area (Å²) < 4.78 is 13.9. The maximum Gasteiger partial charge on any atom is 0.519 e. The SMILES string of the molecule is CC.CC.CCOC(=O)NCc1oc(=O)oc1C.CNC=O. The van der Waals surface area contributed by atoms with Crippen LogP contribution >= 0.6 is 0 Å². The van der Waals surface area contributed by atoms with Gasteiger partial charge < -0.3 is 24.2 Å². The monoisotopic (exact) mass is 320 g/mol. The van der Waals surface area contributed by atoms with E-state index in [1.54, 1.807) is 20.9 Å². The Hall–Kier alpha value is -2.25. The lowest BCUT2D eigenvalue weighted by atomic mass is 10.4. The van der Waals surface area contributed by atoms with Crippen molar-refractivity contribution in [2.75, 3.05) is 13.7 Å². The molecule has 0 aromatic carbocycles. The molecular weight excluding hydrogens is 292 g/mol. The highest BCUT2D eigenvalue weighted by atomic mass is 16.6. The van der Waals surface area contributed by atoms with Crippen LogP contribution in [-0.2, 0) is 16.1 Å². The third kappa shape index (κ3) is 14.2. The maximum atomic E-state index is 10.9. The van der Waals surface area contributed by atoms with Gasteiger partial charge in [0.1, 0.15) is 5.76 Å². The molecule has 0 aliphatic rings. The summed E-state index contributed by atoms with van der Waals surface area (Å²) in [5.74, 6) is -0.127. The molecule has 0 unspecified atom stereocenters. The second-order valence-electron chi connectivity index (χ2n) is 2.91. The van der Waals surface area contributed by atoms with Crippen molar-refractivity contribution in [2.24, 2.45) is 0 Å². The molecular formula is C14H28N2O6. The van der Waals surface area contributed by atoms with Crippen molar-refractivity contribution in [3.05, 3.63) is 22.1 Å². The van der Waals surface area contributed by atoms with Gasteiger partial charge in [0.25, 0.3) is 0 Å². The minimum atomic E-state index is -0.775. The molecule has 1 rings (SSSR count). The molecule has 1 heterocycles. The normalized spacial score (nSPS) is 7.77. The van der Waals surface area contributed by atoms with E-state index >= 15 is 0 Å². The molecule has 1 aromatic heterocycles. The number of rotatable bonds is 4. The Labute approximate surface area is 131 Å². The molecule has 8 heteroatoms. The molecule has 1 aromatic rings. The topological polar surface area (TPSA) is 111 Å². The van der Waals surface area contributed by atoms with Gasteiger partial charge >= 0.3 is 11.9 Å². The minimum absolute atomic E-state index is 0.0798. The number of carbonyl (C=O) groups excluding carboxylic acids is 2. The highest BCUT2D eigenvalue weighted by Crippen LogP contribution is 2.03. The Morgan fingerprint density at radius 3 is 2.05 bits per heavy atom. The van der Waals surface area contributed by atoms with E-state index in [1.807, 2.05) is 27.7 Å². The molecule has 130 valence electrons. The first-order chi connectivity index (χ1) is 10.5. The Bertz CT molecular complexity index is 425.